The second kappa shape index (κ2) is 12.4. The Labute approximate surface area is 282 Å². The molecule has 3 aromatic rings. The molecule has 2 saturated carbocycles. The van der Waals surface area contributed by atoms with Gasteiger partial charge in [0.2, 0.25) is 0 Å². The van der Waals surface area contributed by atoms with Crippen LogP contribution >= 0.6 is 0 Å². The van der Waals surface area contributed by atoms with Gasteiger partial charge in [0.15, 0.2) is 0 Å². The maximum atomic E-state index is 14.6. The van der Waals surface area contributed by atoms with Crippen molar-refractivity contribution in [2.45, 2.75) is 84.7 Å². The molecule has 11 nitrogen and oxygen atoms in total. The zero-order chi connectivity index (χ0) is 35.5. The van der Waals surface area contributed by atoms with E-state index >= 15 is 0 Å². The van der Waals surface area contributed by atoms with Crippen molar-refractivity contribution >= 4 is 17.9 Å². The first-order valence-corrected chi connectivity index (χ1v) is 16.3. The maximum Gasteiger partial charge on any atom is 0.345 e. The summed E-state index contributed by atoms with van der Waals surface area (Å²) in [7, 11) is 0. The Bertz CT molecular complexity index is 1860. The lowest BCUT2D eigenvalue weighted by Gasteiger charge is -2.66. The summed E-state index contributed by atoms with van der Waals surface area (Å²) in [5.74, 6) is -3.57. The zero-order valence-corrected chi connectivity index (χ0v) is 28.3. The summed E-state index contributed by atoms with van der Waals surface area (Å²) >= 11 is 0. The van der Waals surface area contributed by atoms with E-state index in [4.69, 9.17) is 23.4 Å². The summed E-state index contributed by atoms with van der Waals surface area (Å²) in [6.45, 7) is 9.59. The fraction of sp³-hybridized carbons (Fsp3) is 0.486. The number of carbonyl (C=O) groups is 3. The molecule has 0 bridgehead atoms. The smallest absolute Gasteiger partial charge is 0.345 e. The Morgan fingerprint density at radius 2 is 1.82 bits per heavy atom. The van der Waals surface area contributed by atoms with Crippen LogP contribution in [0.2, 0.25) is 0 Å². The van der Waals surface area contributed by atoms with Crippen LogP contribution in [0.15, 0.2) is 58.0 Å². The quantitative estimate of drug-likeness (QED) is 0.260. The minimum atomic E-state index is -1.44. The average Bonchev–Trinajstić information content (AvgIpc) is 3.03. The first-order chi connectivity index (χ1) is 23.1. The van der Waals surface area contributed by atoms with Gasteiger partial charge in [-0.2, -0.15) is 0 Å². The van der Waals surface area contributed by atoms with Gasteiger partial charge in [-0.25, -0.2) is 14.0 Å². The number of aryl methyl sites for hydroxylation is 1. The van der Waals surface area contributed by atoms with E-state index in [1.165, 1.54) is 38.2 Å². The third kappa shape index (κ3) is 5.79. The highest BCUT2D eigenvalue weighted by Gasteiger charge is 2.71. The van der Waals surface area contributed by atoms with Crippen molar-refractivity contribution in [3.8, 4) is 17.1 Å². The number of hydrogen-bond donors (Lipinski definition) is 1. The van der Waals surface area contributed by atoms with E-state index in [0.717, 1.165) is 6.07 Å². The minimum absolute atomic E-state index is 0.0167. The number of pyridine rings is 1. The van der Waals surface area contributed by atoms with Crippen molar-refractivity contribution in [3.05, 3.63) is 81.7 Å². The standard InChI is InChI=1S/C37H40FNO10/c1-19-9-10-22(14-24(19)38)33(43)48-29-16-27-35(4,12-11-28(46-21(3)41)36(27,5)18-45-20(2)40)32-31(42)30-26(49-37(29,32)6)15-25(47-34(30)44)23-8-7-13-39-17-23/h7-10,13-15,17,27-29,31-32,42H,11-12,16,18H2,1-6H3/t27-,28+,29+,31+,32-,35+,36+,37-/m1/s1. The molecule has 1 aromatic carbocycles. The van der Waals surface area contributed by atoms with Crippen molar-refractivity contribution in [2.75, 3.05) is 6.61 Å². The first-order valence-electron chi connectivity index (χ1n) is 16.3. The lowest BCUT2D eigenvalue weighted by atomic mass is 9.42. The van der Waals surface area contributed by atoms with Gasteiger partial charge in [0.1, 0.15) is 47.3 Å². The van der Waals surface area contributed by atoms with Crippen LogP contribution < -0.4 is 10.4 Å². The van der Waals surface area contributed by atoms with E-state index in [-0.39, 0.29) is 35.7 Å². The number of benzene rings is 1. The van der Waals surface area contributed by atoms with E-state index in [9.17, 15) is 28.7 Å². The molecule has 2 aliphatic carbocycles. The third-order valence-corrected chi connectivity index (χ3v) is 11.1. The van der Waals surface area contributed by atoms with Gasteiger partial charge >= 0.3 is 23.5 Å². The summed E-state index contributed by atoms with van der Waals surface area (Å²) in [4.78, 5) is 55.9. The van der Waals surface area contributed by atoms with Crippen molar-refractivity contribution in [3.63, 3.8) is 0 Å². The molecule has 260 valence electrons. The van der Waals surface area contributed by atoms with Gasteiger partial charge in [-0.1, -0.05) is 19.9 Å². The normalized spacial score (nSPS) is 31.6. The number of aromatic nitrogens is 1. The second-order valence-electron chi connectivity index (χ2n) is 14.2. The molecule has 1 N–H and O–H groups in total. The van der Waals surface area contributed by atoms with Crippen LogP contribution in [0.1, 0.15) is 81.5 Å². The Morgan fingerprint density at radius 3 is 2.47 bits per heavy atom. The lowest BCUT2D eigenvalue weighted by molar-refractivity contribution is -0.266. The maximum absolute atomic E-state index is 14.6. The van der Waals surface area contributed by atoms with Gasteiger partial charge < -0.3 is 28.5 Å². The molecule has 2 aromatic heterocycles. The molecule has 6 rings (SSSR count). The van der Waals surface area contributed by atoms with Crippen LogP contribution in [-0.4, -0.2) is 52.4 Å². The number of fused-ring (bicyclic) bond motifs is 4. The summed E-state index contributed by atoms with van der Waals surface area (Å²) in [5.41, 5.74) is -3.30. The topological polar surface area (TPSA) is 151 Å². The highest BCUT2D eigenvalue weighted by molar-refractivity contribution is 5.89. The molecule has 8 atom stereocenters. The number of ether oxygens (including phenoxy) is 4. The van der Waals surface area contributed by atoms with Crippen molar-refractivity contribution in [2.24, 2.45) is 22.7 Å². The van der Waals surface area contributed by atoms with E-state index in [1.54, 1.807) is 32.2 Å². The molecule has 0 radical (unpaired) electrons. The molecule has 0 amide bonds. The van der Waals surface area contributed by atoms with E-state index in [2.05, 4.69) is 4.98 Å². The van der Waals surface area contributed by atoms with Crippen LogP contribution in [0.25, 0.3) is 11.3 Å². The number of hydrogen-bond acceptors (Lipinski definition) is 11. The highest BCUT2D eigenvalue weighted by atomic mass is 19.1. The second-order valence-corrected chi connectivity index (χ2v) is 14.2. The molecule has 49 heavy (non-hydrogen) atoms. The van der Waals surface area contributed by atoms with Gasteiger partial charge in [-0.3, -0.25) is 14.6 Å². The first kappa shape index (κ1) is 34.3. The van der Waals surface area contributed by atoms with Gasteiger partial charge in [0.25, 0.3) is 0 Å². The summed E-state index contributed by atoms with van der Waals surface area (Å²) in [5, 5.41) is 12.3. The Balaban J connectivity index is 1.51. The van der Waals surface area contributed by atoms with Crippen molar-refractivity contribution in [1.82, 2.24) is 4.98 Å². The molecule has 0 saturated heterocycles. The average molecular weight is 678 g/mol. The third-order valence-electron chi connectivity index (χ3n) is 11.1. The van der Waals surface area contributed by atoms with Gasteiger partial charge in [0.05, 0.1) is 11.7 Å². The molecular weight excluding hydrogens is 637 g/mol. The van der Waals surface area contributed by atoms with Crippen molar-refractivity contribution in [1.29, 1.82) is 0 Å². The van der Waals surface area contributed by atoms with Gasteiger partial charge in [-0.05, 0) is 74.3 Å². The molecule has 0 unspecified atom stereocenters. The highest BCUT2D eigenvalue weighted by Crippen LogP contribution is 2.67. The number of esters is 3. The van der Waals surface area contributed by atoms with Crippen LogP contribution in [-0.2, 0) is 23.8 Å². The number of aliphatic hydroxyl groups is 1. The molecule has 2 fully saturated rings. The number of carbonyl (C=O) groups excluding carboxylic acids is 3. The van der Waals surface area contributed by atoms with Crippen molar-refractivity contribution < 1.29 is 47.2 Å². The van der Waals surface area contributed by atoms with Crippen LogP contribution in [0.5, 0.6) is 5.75 Å². The fourth-order valence-electron chi connectivity index (χ4n) is 8.75. The Kier molecular flexibility index (Phi) is 8.67. The molecule has 3 aliphatic rings. The van der Waals surface area contributed by atoms with Crippen LogP contribution in [0, 0.1) is 35.4 Å². The molecular formula is C37H40FNO10. The summed E-state index contributed by atoms with van der Waals surface area (Å²) < 4.78 is 44.6. The summed E-state index contributed by atoms with van der Waals surface area (Å²) in [6.07, 6.45) is 0.821. The number of rotatable bonds is 6. The summed E-state index contributed by atoms with van der Waals surface area (Å²) in [6, 6.07) is 8.96. The Hall–Kier alpha value is -4.58. The van der Waals surface area contributed by atoms with Crippen LogP contribution in [0.3, 0.4) is 0 Å². The van der Waals surface area contributed by atoms with E-state index in [1.807, 2.05) is 13.8 Å². The monoisotopic (exact) mass is 677 g/mol. The van der Waals surface area contributed by atoms with E-state index < -0.39 is 75.9 Å². The largest absolute Gasteiger partial charge is 0.482 e. The minimum Gasteiger partial charge on any atom is -0.482 e. The Morgan fingerprint density at radius 1 is 1.06 bits per heavy atom. The molecule has 3 heterocycles. The van der Waals surface area contributed by atoms with Gasteiger partial charge in [0, 0.05) is 49.2 Å². The van der Waals surface area contributed by atoms with E-state index in [0.29, 0.717) is 24.0 Å². The number of aliphatic hydroxyl groups excluding tert-OH is 1. The lowest BCUT2D eigenvalue weighted by Crippen LogP contribution is -2.71. The number of nitrogens with zero attached hydrogens (tertiary/aromatic N) is 1. The SMILES string of the molecule is CC(=O)OC[C@@]1(C)[C@@H]2C[C@H](OC(=O)c3ccc(C)c(F)c3)[C@@]3(C)Oc4cc(-c5cccnc5)oc(=O)c4[C@H](O)[C@@H]3[C@@]2(C)CC[C@@H]1OC(C)=O. The predicted molar refractivity (Wildman–Crippen MR) is 172 cm³/mol. The predicted octanol–water partition coefficient (Wildman–Crippen LogP) is 5.50. The fourth-order valence-corrected chi connectivity index (χ4v) is 8.75. The molecule has 0 spiro atoms. The van der Waals surface area contributed by atoms with Crippen LogP contribution in [0.4, 0.5) is 4.39 Å². The number of halogens is 1. The zero-order valence-electron chi connectivity index (χ0n) is 28.3. The molecule has 1 aliphatic heterocycles. The molecule has 12 heteroatoms. The van der Waals surface area contributed by atoms with Gasteiger partial charge in [-0.15, -0.1) is 0 Å².